The Hall–Kier alpha value is -1.79. The number of amides is 3. The third-order valence-corrected chi connectivity index (χ3v) is 2.77. The van der Waals surface area contributed by atoms with Crippen LogP contribution in [0.3, 0.4) is 0 Å². The molecule has 1 atom stereocenters. The molecule has 1 rings (SSSR count). The lowest BCUT2D eigenvalue weighted by Gasteiger charge is -2.28. The fraction of sp³-hybridized carbons (Fsp3) is 0.727. The summed E-state index contributed by atoms with van der Waals surface area (Å²) in [6.07, 6.45) is 2.00. The molecule has 0 radical (unpaired) electrons. The molecular formula is C11H19N3O4. The molecule has 1 fully saturated rings. The molecule has 1 aliphatic heterocycles. The van der Waals surface area contributed by atoms with Gasteiger partial charge in [-0.1, -0.05) is 19.8 Å². The number of carbonyl (C=O) groups is 3. The fourth-order valence-electron chi connectivity index (χ4n) is 1.72. The van der Waals surface area contributed by atoms with Crippen LogP contribution in [0, 0.1) is 0 Å². The van der Waals surface area contributed by atoms with Gasteiger partial charge in [-0.3, -0.25) is 4.79 Å². The number of nitrogens with one attached hydrogen (secondary N) is 2. The average Bonchev–Trinajstić information content (AvgIpc) is 2.33. The predicted molar refractivity (Wildman–Crippen MR) is 64.1 cm³/mol. The Labute approximate surface area is 106 Å². The minimum absolute atomic E-state index is 0.0219. The largest absolute Gasteiger partial charge is 0.480 e. The second-order valence-corrected chi connectivity index (χ2v) is 4.25. The predicted octanol–water partition coefficient (Wildman–Crippen LogP) is -0.229. The first kappa shape index (κ1) is 14.3. The van der Waals surface area contributed by atoms with E-state index in [2.05, 4.69) is 10.6 Å². The molecule has 0 aromatic carbocycles. The number of piperazine rings is 1. The number of urea groups is 1. The van der Waals surface area contributed by atoms with E-state index in [0.29, 0.717) is 19.5 Å². The first-order valence-electron chi connectivity index (χ1n) is 6.09. The van der Waals surface area contributed by atoms with Crippen LogP contribution >= 0.6 is 0 Å². The van der Waals surface area contributed by atoms with Crippen molar-refractivity contribution in [1.82, 2.24) is 15.5 Å². The molecule has 1 aliphatic rings. The minimum atomic E-state index is -1.04. The van der Waals surface area contributed by atoms with Crippen molar-refractivity contribution < 1.29 is 19.5 Å². The molecule has 102 valence electrons. The van der Waals surface area contributed by atoms with Crippen molar-refractivity contribution in [2.24, 2.45) is 0 Å². The van der Waals surface area contributed by atoms with Gasteiger partial charge in [-0.05, 0) is 6.42 Å². The lowest BCUT2D eigenvalue weighted by atomic mass is 10.1. The molecular weight excluding hydrogens is 238 g/mol. The van der Waals surface area contributed by atoms with Gasteiger partial charge in [-0.2, -0.15) is 0 Å². The SMILES string of the molecule is CCCCC(NC(=O)N1CCNC(=O)C1)C(=O)O. The molecule has 0 bridgehead atoms. The Bertz CT molecular complexity index is 332. The van der Waals surface area contributed by atoms with Crippen molar-refractivity contribution in [2.75, 3.05) is 19.6 Å². The van der Waals surface area contributed by atoms with E-state index in [1.54, 1.807) is 0 Å². The standard InChI is InChI=1S/C11H19N3O4/c1-2-3-4-8(10(16)17)13-11(18)14-6-5-12-9(15)7-14/h8H,2-7H2,1H3,(H,12,15)(H,13,18)(H,16,17). The molecule has 7 heteroatoms. The van der Waals surface area contributed by atoms with Crippen molar-refractivity contribution in [1.29, 1.82) is 0 Å². The molecule has 0 aromatic heterocycles. The van der Waals surface area contributed by atoms with Crippen LogP contribution in [-0.4, -0.2) is 53.6 Å². The molecule has 7 nitrogen and oxygen atoms in total. The average molecular weight is 257 g/mol. The molecule has 0 aromatic rings. The highest BCUT2D eigenvalue weighted by atomic mass is 16.4. The number of hydrogen-bond acceptors (Lipinski definition) is 3. The maximum atomic E-state index is 11.8. The van der Waals surface area contributed by atoms with E-state index in [0.717, 1.165) is 12.8 Å². The number of carbonyl (C=O) groups excluding carboxylic acids is 2. The number of nitrogens with zero attached hydrogens (tertiary/aromatic N) is 1. The molecule has 0 spiro atoms. The zero-order valence-electron chi connectivity index (χ0n) is 10.4. The zero-order chi connectivity index (χ0) is 13.5. The summed E-state index contributed by atoms with van der Waals surface area (Å²) in [5, 5.41) is 14.0. The Kier molecular flexibility index (Phi) is 5.41. The molecule has 1 unspecified atom stereocenters. The van der Waals surface area contributed by atoms with E-state index in [1.165, 1.54) is 4.90 Å². The molecule has 1 heterocycles. The van der Waals surface area contributed by atoms with Crippen LogP contribution in [0.1, 0.15) is 26.2 Å². The molecule has 3 N–H and O–H groups in total. The van der Waals surface area contributed by atoms with Crippen LogP contribution in [-0.2, 0) is 9.59 Å². The highest BCUT2D eigenvalue weighted by Gasteiger charge is 2.25. The maximum Gasteiger partial charge on any atom is 0.326 e. The van der Waals surface area contributed by atoms with Gasteiger partial charge in [-0.25, -0.2) is 9.59 Å². The first-order valence-corrected chi connectivity index (χ1v) is 6.09. The van der Waals surface area contributed by atoms with E-state index in [9.17, 15) is 14.4 Å². The topological polar surface area (TPSA) is 98.7 Å². The number of aliphatic carboxylic acids is 1. The summed E-state index contributed by atoms with van der Waals surface area (Å²) >= 11 is 0. The van der Waals surface area contributed by atoms with E-state index in [-0.39, 0.29) is 12.5 Å². The highest BCUT2D eigenvalue weighted by Crippen LogP contribution is 2.03. The molecule has 3 amide bonds. The van der Waals surface area contributed by atoms with Crippen LogP contribution in [0.25, 0.3) is 0 Å². The lowest BCUT2D eigenvalue weighted by molar-refractivity contribution is -0.139. The van der Waals surface area contributed by atoms with Gasteiger partial charge >= 0.3 is 12.0 Å². The summed E-state index contributed by atoms with van der Waals surface area (Å²) < 4.78 is 0. The van der Waals surface area contributed by atoms with Gasteiger partial charge in [0.05, 0.1) is 0 Å². The third kappa shape index (κ3) is 4.23. The van der Waals surface area contributed by atoms with Crippen molar-refractivity contribution in [2.45, 2.75) is 32.2 Å². The number of carboxylic acid groups (broad SMARTS) is 1. The molecule has 1 saturated heterocycles. The number of unbranched alkanes of at least 4 members (excludes halogenated alkanes) is 1. The van der Waals surface area contributed by atoms with Gasteiger partial charge in [0.25, 0.3) is 0 Å². The van der Waals surface area contributed by atoms with E-state index in [4.69, 9.17) is 5.11 Å². The Morgan fingerprint density at radius 2 is 2.28 bits per heavy atom. The third-order valence-electron chi connectivity index (χ3n) is 2.77. The van der Waals surface area contributed by atoms with Gasteiger partial charge in [0, 0.05) is 13.1 Å². The van der Waals surface area contributed by atoms with Gasteiger partial charge in [0.1, 0.15) is 12.6 Å². The van der Waals surface area contributed by atoms with Crippen LogP contribution in [0.2, 0.25) is 0 Å². The normalized spacial score (nSPS) is 16.9. The van der Waals surface area contributed by atoms with Crippen LogP contribution in [0.4, 0.5) is 4.79 Å². The van der Waals surface area contributed by atoms with Crippen LogP contribution in [0.5, 0.6) is 0 Å². The van der Waals surface area contributed by atoms with E-state index in [1.807, 2.05) is 6.92 Å². The summed E-state index contributed by atoms with van der Waals surface area (Å²) in [5.41, 5.74) is 0. The van der Waals surface area contributed by atoms with Crippen molar-refractivity contribution in [3.05, 3.63) is 0 Å². The van der Waals surface area contributed by atoms with Gasteiger partial charge < -0.3 is 20.6 Å². The van der Waals surface area contributed by atoms with E-state index >= 15 is 0 Å². The van der Waals surface area contributed by atoms with Crippen molar-refractivity contribution in [3.63, 3.8) is 0 Å². The molecule has 0 aliphatic carbocycles. The number of carboxylic acids is 1. The van der Waals surface area contributed by atoms with Crippen molar-refractivity contribution >= 4 is 17.9 Å². The first-order chi connectivity index (χ1) is 8.54. The smallest absolute Gasteiger partial charge is 0.326 e. The molecule has 0 saturated carbocycles. The van der Waals surface area contributed by atoms with Gasteiger partial charge in [0.15, 0.2) is 0 Å². The second-order valence-electron chi connectivity index (χ2n) is 4.25. The highest BCUT2D eigenvalue weighted by molar-refractivity contribution is 5.87. The fourth-order valence-corrected chi connectivity index (χ4v) is 1.72. The second kappa shape index (κ2) is 6.83. The summed E-state index contributed by atoms with van der Waals surface area (Å²) in [4.78, 5) is 35.2. The summed E-state index contributed by atoms with van der Waals surface area (Å²) in [6, 6.07) is -1.38. The van der Waals surface area contributed by atoms with Crippen LogP contribution in [0.15, 0.2) is 0 Å². The number of hydrogen-bond donors (Lipinski definition) is 3. The Morgan fingerprint density at radius 1 is 1.56 bits per heavy atom. The monoisotopic (exact) mass is 257 g/mol. The zero-order valence-corrected chi connectivity index (χ0v) is 10.4. The summed E-state index contributed by atoms with van der Waals surface area (Å²) in [7, 11) is 0. The number of rotatable bonds is 5. The summed E-state index contributed by atoms with van der Waals surface area (Å²) in [6.45, 7) is 2.73. The Morgan fingerprint density at radius 3 is 2.83 bits per heavy atom. The lowest BCUT2D eigenvalue weighted by Crippen LogP contribution is -2.55. The van der Waals surface area contributed by atoms with Crippen molar-refractivity contribution in [3.8, 4) is 0 Å². The summed E-state index contributed by atoms with van der Waals surface area (Å²) in [5.74, 6) is -1.27. The van der Waals surface area contributed by atoms with E-state index < -0.39 is 18.0 Å². The van der Waals surface area contributed by atoms with Crippen LogP contribution < -0.4 is 10.6 Å². The quantitative estimate of drug-likeness (QED) is 0.633. The maximum absolute atomic E-state index is 11.8. The minimum Gasteiger partial charge on any atom is -0.480 e. The molecule has 18 heavy (non-hydrogen) atoms. The van der Waals surface area contributed by atoms with Gasteiger partial charge in [-0.15, -0.1) is 0 Å². The van der Waals surface area contributed by atoms with Gasteiger partial charge in [0.2, 0.25) is 5.91 Å². The Balaban J connectivity index is 2.49.